The van der Waals surface area contributed by atoms with Crippen LogP contribution in [0.2, 0.25) is 0 Å². The Morgan fingerprint density at radius 1 is 1.24 bits per heavy atom. The third-order valence-electron chi connectivity index (χ3n) is 5.15. The molecule has 1 saturated heterocycles. The van der Waals surface area contributed by atoms with Crippen LogP contribution in [0.5, 0.6) is 5.75 Å². The maximum atomic E-state index is 5.84. The molecule has 1 atom stereocenters. The zero-order valence-corrected chi connectivity index (χ0v) is 18.8. The minimum absolute atomic E-state index is 0.312. The van der Waals surface area contributed by atoms with Crippen LogP contribution in [0.3, 0.4) is 0 Å². The lowest BCUT2D eigenvalue weighted by atomic mass is 10.2. The molecule has 5 nitrogen and oxygen atoms in total. The molecular formula is C22H27N3O2S2. The van der Waals surface area contributed by atoms with Crippen molar-refractivity contribution < 1.29 is 9.47 Å². The van der Waals surface area contributed by atoms with Gasteiger partial charge in [0.25, 0.3) is 0 Å². The number of imidazole rings is 1. The molecule has 0 aliphatic carbocycles. The zero-order chi connectivity index (χ0) is 20.2. The molecule has 29 heavy (non-hydrogen) atoms. The molecule has 1 unspecified atom stereocenters. The molecule has 0 amide bonds. The Hall–Kier alpha value is -1.83. The second-order valence-electron chi connectivity index (χ2n) is 7.20. The lowest BCUT2D eigenvalue weighted by Gasteiger charge is -2.14. The highest BCUT2D eigenvalue weighted by Gasteiger charge is 2.20. The average Bonchev–Trinajstić information content (AvgIpc) is 3.46. The van der Waals surface area contributed by atoms with E-state index in [1.165, 1.54) is 5.69 Å². The van der Waals surface area contributed by atoms with Gasteiger partial charge >= 0.3 is 0 Å². The first-order valence-corrected chi connectivity index (χ1v) is 12.0. The van der Waals surface area contributed by atoms with Crippen molar-refractivity contribution in [2.75, 3.05) is 13.2 Å². The molecule has 0 bridgehead atoms. The minimum Gasteiger partial charge on any atom is -0.494 e. The number of ether oxygens (including phenoxy) is 2. The van der Waals surface area contributed by atoms with Crippen LogP contribution < -0.4 is 4.74 Å². The number of benzene rings is 1. The predicted molar refractivity (Wildman–Crippen MR) is 119 cm³/mol. The van der Waals surface area contributed by atoms with Crippen molar-refractivity contribution in [2.24, 2.45) is 0 Å². The van der Waals surface area contributed by atoms with E-state index in [-0.39, 0.29) is 0 Å². The van der Waals surface area contributed by atoms with E-state index in [0.29, 0.717) is 12.7 Å². The van der Waals surface area contributed by atoms with Gasteiger partial charge in [0.2, 0.25) is 0 Å². The summed E-state index contributed by atoms with van der Waals surface area (Å²) in [6, 6.07) is 8.15. The average molecular weight is 430 g/mol. The summed E-state index contributed by atoms with van der Waals surface area (Å²) >= 11 is 3.44. The van der Waals surface area contributed by atoms with Gasteiger partial charge in [-0.15, -0.1) is 11.3 Å². The first-order chi connectivity index (χ1) is 14.1. The molecule has 0 radical (unpaired) electrons. The van der Waals surface area contributed by atoms with Crippen LogP contribution in [0.4, 0.5) is 0 Å². The highest BCUT2D eigenvalue weighted by Crippen LogP contribution is 2.30. The first kappa shape index (κ1) is 20.4. The third-order valence-corrected chi connectivity index (χ3v) is 7.10. The van der Waals surface area contributed by atoms with Crippen molar-refractivity contribution in [2.45, 2.75) is 57.2 Å². The normalized spacial score (nSPS) is 16.4. The van der Waals surface area contributed by atoms with Crippen LogP contribution in [0.15, 0.2) is 34.8 Å². The Morgan fingerprint density at radius 2 is 2.07 bits per heavy atom. The van der Waals surface area contributed by atoms with Crippen molar-refractivity contribution in [3.63, 3.8) is 0 Å². The van der Waals surface area contributed by atoms with Gasteiger partial charge in [0.05, 0.1) is 30.6 Å². The fourth-order valence-electron chi connectivity index (χ4n) is 3.45. The molecule has 3 heterocycles. The molecule has 3 aromatic rings. The highest BCUT2D eigenvalue weighted by atomic mass is 32.2. The third kappa shape index (κ3) is 4.85. The monoisotopic (exact) mass is 429 g/mol. The summed E-state index contributed by atoms with van der Waals surface area (Å²) in [5.74, 6) is 1.71. The number of thiazole rings is 1. The van der Waals surface area contributed by atoms with E-state index >= 15 is 0 Å². The van der Waals surface area contributed by atoms with Gasteiger partial charge in [-0.3, -0.25) is 0 Å². The molecule has 0 saturated carbocycles. The summed E-state index contributed by atoms with van der Waals surface area (Å²) in [5, 5.41) is 4.25. The standard InChI is InChI=1S/C22H27N3O2S2/c1-4-26-19-9-7-17(8-10-19)21-24-18(13-28-21)14-29-22-23-15(2)16(3)25(22)12-20-6-5-11-27-20/h7-10,13,20H,4-6,11-12,14H2,1-3H3. The van der Waals surface area contributed by atoms with E-state index in [1.54, 1.807) is 23.1 Å². The fraction of sp³-hybridized carbons (Fsp3) is 0.455. The Balaban J connectivity index is 1.42. The molecule has 1 fully saturated rings. The van der Waals surface area contributed by atoms with Gasteiger partial charge in [-0.25, -0.2) is 9.97 Å². The number of hydrogen-bond donors (Lipinski definition) is 0. The molecule has 154 valence electrons. The van der Waals surface area contributed by atoms with Crippen LogP contribution in [0.25, 0.3) is 10.6 Å². The van der Waals surface area contributed by atoms with Gasteiger partial charge in [-0.1, -0.05) is 11.8 Å². The van der Waals surface area contributed by atoms with Gasteiger partial charge in [0.1, 0.15) is 10.8 Å². The lowest BCUT2D eigenvalue weighted by molar-refractivity contribution is 0.0945. The number of hydrogen-bond acceptors (Lipinski definition) is 6. The van der Waals surface area contributed by atoms with Crippen LogP contribution in [0, 0.1) is 13.8 Å². The van der Waals surface area contributed by atoms with E-state index in [0.717, 1.165) is 64.6 Å². The smallest absolute Gasteiger partial charge is 0.168 e. The predicted octanol–water partition coefficient (Wildman–Crippen LogP) is 5.49. The van der Waals surface area contributed by atoms with Gasteiger partial charge in [-0.05, 0) is 57.9 Å². The molecule has 0 spiro atoms. The zero-order valence-electron chi connectivity index (χ0n) is 17.2. The molecule has 7 heteroatoms. The number of aromatic nitrogens is 3. The number of thioether (sulfide) groups is 1. The van der Waals surface area contributed by atoms with Gasteiger partial charge < -0.3 is 14.0 Å². The Kier molecular flexibility index (Phi) is 6.57. The summed E-state index contributed by atoms with van der Waals surface area (Å²) in [5.41, 5.74) is 4.54. The van der Waals surface area contributed by atoms with Crippen LogP contribution in [-0.4, -0.2) is 33.9 Å². The summed E-state index contributed by atoms with van der Waals surface area (Å²) in [4.78, 5) is 9.62. The van der Waals surface area contributed by atoms with Crippen LogP contribution in [0.1, 0.15) is 36.8 Å². The molecule has 0 N–H and O–H groups in total. The summed E-state index contributed by atoms with van der Waals surface area (Å²) in [6.45, 7) is 8.68. The Bertz CT molecular complexity index is 944. The number of rotatable bonds is 8. The second-order valence-corrected chi connectivity index (χ2v) is 9.00. The van der Waals surface area contributed by atoms with Crippen molar-refractivity contribution in [3.8, 4) is 16.3 Å². The Labute approximate surface area is 180 Å². The quantitative estimate of drug-likeness (QED) is 0.443. The summed E-state index contributed by atoms with van der Waals surface area (Å²) < 4.78 is 13.7. The maximum absolute atomic E-state index is 5.84. The van der Waals surface area contributed by atoms with E-state index in [2.05, 4.69) is 35.9 Å². The molecule has 2 aromatic heterocycles. The number of nitrogens with zero attached hydrogens (tertiary/aromatic N) is 3. The summed E-state index contributed by atoms with van der Waals surface area (Å²) in [6.07, 6.45) is 2.61. The minimum atomic E-state index is 0.312. The molecule has 1 aliphatic rings. The van der Waals surface area contributed by atoms with Crippen molar-refractivity contribution in [1.29, 1.82) is 0 Å². The van der Waals surface area contributed by atoms with E-state index in [9.17, 15) is 0 Å². The van der Waals surface area contributed by atoms with Gasteiger partial charge in [0.15, 0.2) is 5.16 Å². The van der Waals surface area contributed by atoms with E-state index < -0.39 is 0 Å². The molecular weight excluding hydrogens is 402 g/mol. The first-order valence-electron chi connectivity index (χ1n) is 10.1. The second kappa shape index (κ2) is 9.32. The summed E-state index contributed by atoms with van der Waals surface area (Å²) in [7, 11) is 0. The van der Waals surface area contributed by atoms with Crippen LogP contribution >= 0.6 is 23.1 Å². The highest BCUT2D eigenvalue weighted by molar-refractivity contribution is 7.98. The number of aryl methyl sites for hydroxylation is 1. The Morgan fingerprint density at radius 3 is 2.79 bits per heavy atom. The van der Waals surface area contributed by atoms with Crippen molar-refractivity contribution in [1.82, 2.24) is 14.5 Å². The van der Waals surface area contributed by atoms with E-state index in [4.69, 9.17) is 19.4 Å². The SMILES string of the molecule is CCOc1ccc(-c2nc(CSc3nc(C)c(C)n3CC3CCCO3)cs2)cc1. The van der Waals surface area contributed by atoms with Crippen molar-refractivity contribution >= 4 is 23.1 Å². The largest absolute Gasteiger partial charge is 0.494 e. The van der Waals surface area contributed by atoms with E-state index in [1.807, 2.05) is 19.1 Å². The molecule has 1 aromatic carbocycles. The topological polar surface area (TPSA) is 49.2 Å². The van der Waals surface area contributed by atoms with Crippen LogP contribution in [-0.2, 0) is 17.0 Å². The van der Waals surface area contributed by atoms with Gasteiger partial charge in [0, 0.05) is 29.0 Å². The fourth-order valence-corrected chi connectivity index (χ4v) is 5.37. The lowest BCUT2D eigenvalue weighted by Crippen LogP contribution is -2.16. The molecule has 4 rings (SSSR count). The van der Waals surface area contributed by atoms with Crippen molar-refractivity contribution in [3.05, 3.63) is 46.7 Å². The maximum Gasteiger partial charge on any atom is 0.168 e. The molecule has 1 aliphatic heterocycles. The van der Waals surface area contributed by atoms with Gasteiger partial charge in [-0.2, -0.15) is 0 Å².